The third-order valence-electron chi connectivity index (χ3n) is 4.83. The first-order valence-corrected chi connectivity index (χ1v) is 10.1. The average molecular weight is 412 g/mol. The molecule has 0 spiro atoms. The molecule has 7 heteroatoms. The monoisotopic (exact) mass is 412 g/mol. The summed E-state index contributed by atoms with van der Waals surface area (Å²) >= 11 is 0. The van der Waals surface area contributed by atoms with Gasteiger partial charge in [0.25, 0.3) is 5.56 Å². The highest BCUT2D eigenvalue weighted by molar-refractivity contribution is 5.79. The zero-order valence-corrected chi connectivity index (χ0v) is 17.5. The molecule has 3 N–H and O–H groups in total. The van der Waals surface area contributed by atoms with Crippen LogP contribution in [0.2, 0.25) is 0 Å². The SMILES string of the molecule is CC(C)n1nc(-c2nc(NCc3ccccc3)c(N)nc2-c2ccccc2)ccc1=O. The number of rotatable bonds is 6. The highest BCUT2D eigenvalue weighted by Gasteiger charge is 2.18. The summed E-state index contributed by atoms with van der Waals surface area (Å²) in [6, 6.07) is 22.8. The molecular weight excluding hydrogens is 388 g/mol. The molecule has 0 atom stereocenters. The minimum Gasteiger partial charge on any atom is -0.381 e. The number of nitrogens with one attached hydrogen (secondary N) is 1. The van der Waals surface area contributed by atoms with Gasteiger partial charge in [0.1, 0.15) is 17.1 Å². The lowest BCUT2D eigenvalue weighted by molar-refractivity contribution is 0.504. The van der Waals surface area contributed by atoms with E-state index in [2.05, 4.69) is 15.4 Å². The molecule has 4 aromatic rings. The van der Waals surface area contributed by atoms with Crippen molar-refractivity contribution in [3.8, 4) is 22.6 Å². The normalized spacial score (nSPS) is 10.9. The van der Waals surface area contributed by atoms with E-state index in [1.807, 2.05) is 74.5 Å². The lowest BCUT2D eigenvalue weighted by Crippen LogP contribution is -2.24. The number of nitrogens with zero attached hydrogens (tertiary/aromatic N) is 4. The summed E-state index contributed by atoms with van der Waals surface area (Å²) < 4.78 is 1.44. The Morgan fingerprint density at radius 1 is 0.903 bits per heavy atom. The Kier molecular flexibility index (Phi) is 5.75. The lowest BCUT2D eigenvalue weighted by atomic mass is 10.1. The van der Waals surface area contributed by atoms with Gasteiger partial charge in [-0.15, -0.1) is 0 Å². The first-order valence-electron chi connectivity index (χ1n) is 10.1. The van der Waals surface area contributed by atoms with Gasteiger partial charge in [-0.3, -0.25) is 4.79 Å². The van der Waals surface area contributed by atoms with E-state index in [9.17, 15) is 4.79 Å². The van der Waals surface area contributed by atoms with Crippen LogP contribution in [0.3, 0.4) is 0 Å². The Balaban J connectivity index is 1.82. The predicted octanol–water partition coefficient (Wildman–Crippen LogP) is 4.14. The number of nitrogen functional groups attached to an aromatic ring is 1. The maximum absolute atomic E-state index is 12.2. The van der Waals surface area contributed by atoms with Gasteiger partial charge in [0.05, 0.1) is 6.04 Å². The smallest absolute Gasteiger partial charge is 0.267 e. The van der Waals surface area contributed by atoms with Crippen LogP contribution in [0.25, 0.3) is 22.6 Å². The van der Waals surface area contributed by atoms with Crippen LogP contribution in [-0.2, 0) is 6.54 Å². The third kappa shape index (κ3) is 4.45. The molecular formula is C24H24N6O. The van der Waals surface area contributed by atoms with Gasteiger partial charge in [0.2, 0.25) is 0 Å². The lowest BCUT2D eigenvalue weighted by Gasteiger charge is -2.15. The van der Waals surface area contributed by atoms with Crippen molar-refractivity contribution in [2.24, 2.45) is 0 Å². The number of anilines is 2. The molecule has 2 heterocycles. The van der Waals surface area contributed by atoms with E-state index in [1.54, 1.807) is 6.07 Å². The van der Waals surface area contributed by atoms with Crippen molar-refractivity contribution in [1.82, 2.24) is 19.7 Å². The summed E-state index contributed by atoms with van der Waals surface area (Å²) in [5.74, 6) is 0.776. The van der Waals surface area contributed by atoms with Crippen molar-refractivity contribution in [1.29, 1.82) is 0 Å². The predicted molar refractivity (Wildman–Crippen MR) is 124 cm³/mol. The molecule has 0 aliphatic heterocycles. The van der Waals surface area contributed by atoms with Gasteiger partial charge < -0.3 is 11.1 Å². The second-order valence-corrected chi connectivity index (χ2v) is 7.45. The van der Waals surface area contributed by atoms with E-state index in [-0.39, 0.29) is 11.6 Å². The van der Waals surface area contributed by atoms with Gasteiger partial charge in [-0.05, 0) is 25.5 Å². The van der Waals surface area contributed by atoms with Crippen molar-refractivity contribution in [2.75, 3.05) is 11.1 Å². The standard InChI is InChI=1S/C24H24N6O/c1-16(2)30-20(31)14-13-19(29-30)22-21(18-11-7-4-8-12-18)27-23(25)24(28-22)26-15-17-9-5-3-6-10-17/h3-14,16H,15H2,1-2H3,(H2,25,27)(H,26,28). The first kappa shape index (κ1) is 20.3. The van der Waals surface area contributed by atoms with Crippen LogP contribution in [0.4, 0.5) is 11.6 Å². The van der Waals surface area contributed by atoms with Crippen LogP contribution >= 0.6 is 0 Å². The molecule has 0 fully saturated rings. The maximum Gasteiger partial charge on any atom is 0.267 e. The molecule has 0 saturated heterocycles. The van der Waals surface area contributed by atoms with Gasteiger partial charge in [-0.2, -0.15) is 5.10 Å². The molecule has 156 valence electrons. The highest BCUT2D eigenvalue weighted by atomic mass is 16.1. The fourth-order valence-electron chi connectivity index (χ4n) is 3.26. The summed E-state index contributed by atoms with van der Waals surface area (Å²) in [6.45, 7) is 4.39. The van der Waals surface area contributed by atoms with Crippen molar-refractivity contribution in [2.45, 2.75) is 26.4 Å². The molecule has 0 aliphatic carbocycles. The molecule has 0 bridgehead atoms. The molecule has 2 aromatic carbocycles. The fraction of sp³-hybridized carbons (Fsp3) is 0.167. The topological polar surface area (TPSA) is 98.7 Å². The number of nitrogens with two attached hydrogens (primary N) is 1. The Bertz CT molecular complexity index is 1240. The van der Waals surface area contributed by atoms with E-state index < -0.39 is 0 Å². The molecule has 2 aromatic heterocycles. The molecule has 0 aliphatic rings. The Labute approximate surface area is 180 Å². The van der Waals surface area contributed by atoms with Gasteiger partial charge in [0, 0.05) is 18.2 Å². The van der Waals surface area contributed by atoms with Crippen LogP contribution in [0.5, 0.6) is 0 Å². The van der Waals surface area contributed by atoms with E-state index in [0.29, 0.717) is 35.3 Å². The summed E-state index contributed by atoms with van der Waals surface area (Å²) in [6.07, 6.45) is 0. The number of benzene rings is 2. The minimum absolute atomic E-state index is 0.0787. The highest BCUT2D eigenvalue weighted by Crippen LogP contribution is 2.31. The summed E-state index contributed by atoms with van der Waals surface area (Å²) in [5, 5.41) is 7.82. The summed E-state index contributed by atoms with van der Waals surface area (Å²) in [4.78, 5) is 21.7. The van der Waals surface area contributed by atoms with Gasteiger partial charge in [0.15, 0.2) is 11.6 Å². The van der Waals surface area contributed by atoms with E-state index in [0.717, 1.165) is 11.1 Å². The van der Waals surface area contributed by atoms with Crippen molar-refractivity contribution >= 4 is 11.6 Å². The number of hydrogen-bond acceptors (Lipinski definition) is 6. The van der Waals surface area contributed by atoms with Crippen LogP contribution in [0, 0.1) is 0 Å². The van der Waals surface area contributed by atoms with E-state index in [1.165, 1.54) is 10.7 Å². The molecule has 31 heavy (non-hydrogen) atoms. The van der Waals surface area contributed by atoms with E-state index in [4.69, 9.17) is 10.7 Å². The summed E-state index contributed by atoms with van der Waals surface area (Å²) in [5.41, 5.74) is 9.80. The van der Waals surface area contributed by atoms with Crippen LogP contribution in [-0.4, -0.2) is 19.7 Å². The van der Waals surface area contributed by atoms with Gasteiger partial charge in [-0.1, -0.05) is 60.7 Å². The molecule has 0 saturated carbocycles. The molecule has 7 nitrogen and oxygen atoms in total. The number of aromatic nitrogens is 4. The van der Waals surface area contributed by atoms with Crippen LogP contribution < -0.4 is 16.6 Å². The largest absolute Gasteiger partial charge is 0.381 e. The molecule has 4 rings (SSSR count). The Morgan fingerprint density at radius 2 is 1.58 bits per heavy atom. The zero-order valence-electron chi connectivity index (χ0n) is 17.5. The molecule has 0 unspecified atom stereocenters. The van der Waals surface area contributed by atoms with Gasteiger partial charge >= 0.3 is 0 Å². The molecule has 0 amide bonds. The Morgan fingerprint density at radius 3 is 2.26 bits per heavy atom. The van der Waals surface area contributed by atoms with Crippen LogP contribution in [0.15, 0.2) is 77.6 Å². The first-order chi connectivity index (χ1) is 15.0. The second-order valence-electron chi connectivity index (χ2n) is 7.45. The van der Waals surface area contributed by atoms with Crippen molar-refractivity contribution in [3.05, 3.63) is 88.7 Å². The Hall–Kier alpha value is -4.00. The number of hydrogen-bond donors (Lipinski definition) is 2. The zero-order chi connectivity index (χ0) is 21.8. The molecule has 0 radical (unpaired) electrons. The second kappa shape index (κ2) is 8.79. The quantitative estimate of drug-likeness (QED) is 0.494. The average Bonchev–Trinajstić information content (AvgIpc) is 2.79. The summed E-state index contributed by atoms with van der Waals surface area (Å²) in [7, 11) is 0. The fourth-order valence-corrected chi connectivity index (χ4v) is 3.26. The van der Waals surface area contributed by atoms with Crippen LogP contribution in [0.1, 0.15) is 25.5 Å². The van der Waals surface area contributed by atoms with Crippen molar-refractivity contribution < 1.29 is 0 Å². The maximum atomic E-state index is 12.2. The van der Waals surface area contributed by atoms with E-state index >= 15 is 0 Å². The third-order valence-corrected chi connectivity index (χ3v) is 4.83. The van der Waals surface area contributed by atoms with Crippen molar-refractivity contribution in [3.63, 3.8) is 0 Å². The van der Waals surface area contributed by atoms with Gasteiger partial charge in [-0.25, -0.2) is 14.6 Å². The minimum atomic E-state index is -0.161.